The van der Waals surface area contributed by atoms with E-state index in [2.05, 4.69) is 0 Å². The highest BCUT2D eigenvalue weighted by Crippen LogP contribution is 1.70. The second kappa shape index (κ2) is 20.7. The van der Waals surface area contributed by atoms with Crippen molar-refractivity contribution in [1.29, 1.82) is 0 Å². The van der Waals surface area contributed by atoms with Crippen LogP contribution in [0.4, 0.5) is 0 Å². The molecule has 0 atom stereocenters. The second-order valence-corrected chi connectivity index (χ2v) is 1.22. The van der Waals surface area contributed by atoms with E-state index in [1.807, 2.05) is 12.5 Å². The van der Waals surface area contributed by atoms with E-state index in [-0.39, 0.29) is 25.4 Å². The molecule has 0 bridgehead atoms. The van der Waals surface area contributed by atoms with Crippen LogP contribution in [0.5, 0.6) is 0 Å². The molecule has 0 N–H and O–H groups in total. The normalized spacial score (nSPS) is 3.60. The maximum absolute atomic E-state index is 2.04. The molecule has 0 fully saturated rings. The molecule has 5 heavy (non-hydrogen) atoms. The molecular weight excluding hydrogens is 147 g/mol. The predicted octanol–water partition coefficient (Wildman–Crippen LogP) is 0.373. The van der Waals surface area contributed by atoms with Crippen LogP contribution in [0.15, 0.2) is 0 Å². The Bertz CT molecular complexity index is 9.61. The van der Waals surface area contributed by atoms with Crippen LogP contribution in [0, 0.1) is 0 Å². The fourth-order valence-electron chi connectivity index (χ4n) is 0. The van der Waals surface area contributed by atoms with Gasteiger partial charge < -0.3 is 0 Å². The summed E-state index contributed by atoms with van der Waals surface area (Å²) in [6.07, 6.45) is 4.08. The van der Waals surface area contributed by atoms with Crippen molar-refractivity contribution in [3.8, 4) is 0 Å². The molecule has 34 valence electrons. The summed E-state index contributed by atoms with van der Waals surface area (Å²) in [6, 6.07) is 0. The lowest BCUT2D eigenvalue weighted by molar-refractivity contribution is 2.37. The first-order valence-electron chi connectivity index (χ1n) is 0.816. The first-order chi connectivity index (χ1) is 1.41. The van der Waals surface area contributed by atoms with Crippen LogP contribution in [-0.4, -0.2) is 20.9 Å². The van der Waals surface area contributed by atoms with E-state index in [4.69, 9.17) is 0 Å². The molecule has 0 aromatic heterocycles. The fourth-order valence-corrected chi connectivity index (χ4v) is 0. The minimum Gasteiger partial charge on any atom is -0.169 e. The maximum Gasteiger partial charge on any atom is 0.0814 e. The molecule has 0 unspecified atom stereocenters. The van der Waals surface area contributed by atoms with Crippen molar-refractivity contribution < 1.29 is 0 Å². The smallest absolute Gasteiger partial charge is 0.0814 e. The lowest BCUT2D eigenvalue weighted by atomic mass is 10.8. The molecule has 3 heteroatoms. The third kappa shape index (κ3) is 51.2. The summed E-state index contributed by atoms with van der Waals surface area (Å²) < 4.78 is 0. The van der Waals surface area contributed by atoms with Crippen LogP contribution in [0.3, 0.4) is 0 Å². The van der Waals surface area contributed by atoms with Crippen molar-refractivity contribution in [2.45, 2.75) is 0 Å². The van der Waals surface area contributed by atoms with E-state index < -0.39 is 0 Å². The molecule has 0 radical (unpaired) electrons. The van der Waals surface area contributed by atoms with Gasteiger partial charge in [-0.15, -0.1) is 17.0 Å². The molecule has 0 aromatic rings. The Morgan fingerprint density at radius 1 is 1.20 bits per heavy atom. The van der Waals surface area contributed by atoms with Crippen LogP contribution in [0.25, 0.3) is 0 Å². The zero-order valence-electron chi connectivity index (χ0n) is 2.82. The van der Waals surface area contributed by atoms with Crippen molar-refractivity contribution >= 4 is 37.2 Å². The standard InChI is InChI=1S/C2H6S.BH3.BrH/c1-3-2;;/h1-2H3;1H3;1H. The van der Waals surface area contributed by atoms with Gasteiger partial charge in [0, 0.05) is 0 Å². The Hall–Kier alpha value is 0.895. The van der Waals surface area contributed by atoms with E-state index in [0.29, 0.717) is 0 Å². The lowest BCUT2D eigenvalue weighted by Gasteiger charge is -1.51. The summed E-state index contributed by atoms with van der Waals surface area (Å²) in [6.45, 7) is 0. The second-order valence-electron chi connectivity index (χ2n) is 0.408. The van der Waals surface area contributed by atoms with Gasteiger partial charge in [-0.25, -0.2) is 0 Å². The summed E-state index contributed by atoms with van der Waals surface area (Å²) in [5, 5.41) is 0. The molecule has 0 saturated heterocycles. The van der Waals surface area contributed by atoms with Crippen LogP contribution in [-0.2, 0) is 0 Å². The maximum atomic E-state index is 2.04. The van der Waals surface area contributed by atoms with E-state index in [0.717, 1.165) is 0 Å². The van der Waals surface area contributed by atoms with Crippen molar-refractivity contribution in [2.24, 2.45) is 0 Å². The van der Waals surface area contributed by atoms with Gasteiger partial charge in [-0.3, -0.25) is 0 Å². The van der Waals surface area contributed by atoms with Gasteiger partial charge in [0.15, 0.2) is 0 Å². The van der Waals surface area contributed by atoms with Gasteiger partial charge >= 0.3 is 0 Å². The highest BCUT2D eigenvalue weighted by molar-refractivity contribution is 8.93. The summed E-state index contributed by atoms with van der Waals surface area (Å²) in [7, 11) is 0. The highest BCUT2D eigenvalue weighted by Gasteiger charge is 1.32. The minimum atomic E-state index is 0. The zero-order chi connectivity index (χ0) is 2.71. The Kier molecular flexibility index (Phi) is 69.7. The molecule has 0 heterocycles. The third-order valence-corrected chi connectivity index (χ3v) is 0. The number of rotatable bonds is 0. The van der Waals surface area contributed by atoms with E-state index >= 15 is 0 Å². The van der Waals surface area contributed by atoms with Crippen LogP contribution in [0.1, 0.15) is 0 Å². The molecule has 0 amide bonds. The third-order valence-electron chi connectivity index (χ3n) is 0. The Morgan fingerprint density at radius 2 is 1.20 bits per heavy atom. The summed E-state index contributed by atoms with van der Waals surface area (Å²) in [5.74, 6) is 0. The van der Waals surface area contributed by atoms with E-state index in [9.17, 15) is 0 Å². The SMILES string of the molecule is B.Br.CSC. The molecule has 0 spiro atoms. The molecule has 0 aliphatic rings. The van der Waals surface area contributed by atoms with Gasteiger partial charge in [0.2, 0.25) is 0 Å². The van der Waals surface area contributed by atoms with Gasteiger partial charge in [-0.1, -0.05) is 0 Å². The van der Waals surface area contributed by atoms with Crippen LogP contribution < -0.4 is 0 Å². The molecule has 0 nitrogen and oxygen atoms in total. The first kappa shape index (κ1) is 16.9. The Morgan fingerprint density at radius 3 is 1.20 bits per heavy atom. The van der Waals surface area contributed by atoms with Gasteiger partial charge in [-0.2, -0.15) is 11.8 Å². The molecular formula is C2H10BBrS. The van der Waals surface area contributed by atoms with E-state index in [1.54, 1.807) is 11.8 Å². The topological polar surface area (TPSA) is 0 Å². The van der Waals surface area contributed by atoms with Crippen molar-refractivity contribution in [3.63, 3.8) is 0 Å². The van der Waals surface area contributed by atoms with Crippen molar-refractivity contribution in [1.82, 2.24) is 0 Å². The summed E-state index contributed by atoms with van der Waals surface area (Å²) in [5.41, 5.74) is 0. The molecule has 0 aliphatic heterocycles. The fraction of sp³-hybridized carbons (Fsp3) is 1.00. The molecule has 0 aliphatic carbocycles. The average molecular weight is 157 g/mol. The largest absolute Gasteiger partial charge is 0.169 e. The van der Waals surface area contributed by atoms with Gasteiger partial charge in [0.05, 0.1) is 8.41 Å². The summed E-state index contributed by atoms with van der Waals surface area (Å²) in [4.78, 5) is 0. The Balaban J connectivity index is -0.0000000200. The summed E-state index contributed by atoms with van der Waals surface area (Å²) >= 11 is 1.75. The number of halogens is 1. The molecule has 0 rings (SSSR count). The minimum absolute atomic E-state index is 0. The highest BCUT2D eigenvalue weighted by atomic mass is 79.9. The predicted molar refractivity (Wildman–Crippen MR) is 39.7 cm³/mol. The zero-order valence-corrected chi connectivity index (χ0v) is 5.35. The van der Waals surface area contributed by atoms with Crippen molar-refractivity contribution in [2.75, 3.05) is 12.5 Å². The number of thioether (sulfide) groups is 1. The first-order valence-corrected chi connectivity index (χ1v) is 2.45. The quantitative estimate of drug-likeness (QED) is 0.457. The van der Waals surface area contributed by atoms with Crippen LogP contribution in [0.2, 0.25) is 0 Å². The van der Waals surface area contributed by atoms with Gasteiger partial charge in [0.1, 0.15) is 0 Å². The number of hydrogen-bond acceptors (Lipinski definition) is 1. The van der Waals surface area contributed by atoms with Gasteiger partial charge in [-0.05, 0) is 12.5 Å². The molecule has 0 saturated carbocycles. The van der Waals surface area contributed by atoms with Crippen molar-refractivity contribution in [3.05, 3.63) is 0 Å². The lowest BCUT2D eigenvalue weighted by Crippen LogP contribution is -1.25. The average Bonchev–Trinajstić information content (AvgIpc) is 0.918. The molecule has 0 aromatic carbocycles. The van der Waals surface area contributed by atoms with E-state index in [1.165, 1.54) is 0 Å². The Labute approximate surface area is 50.1 Å². The van der Waals surface area contributed by atoms with Gasteiger partial charge in [0.25, 0.3) is 0 Å². The monoisotopic (exact) mass is 156 g/mol. The number of hydrogen-bond donors (Lipinski definition) is 0. The van der Waals surface area contributed by atoms with Crippen LogP contribution >= 0.6 is 28.7 Å².